The molecule has 0 aromatic heterocycles. The second-order valence-electron chi connectivity index (χ2n) is 4.36. The summed E-state index contributed by atoms with van der Waals surface area (Å²) in [7, 11) is 0. The summed E-state index contributed by atoms with van der Waals surface area (Å²) in [6.07, 6.45) is -4.81. The van der Waals surface area contributed by atoms with Crippen LogP contribution in [-0.2, 0) is 14.4 Å². The van der Waals surface area contributed by atoms with E-state index >= 15 is 0 Å². The minimum atomic E-state index is -4.81. The summed E-state index contributed by atoms with van der Waals surface area (Å²) in [5.41, 5.74) is 0. The molecule has 0 spiro atoms. The number of rotatable bonds is 3. The summed E-state index contributed by atoms with van der Waals surface area (Å²) in [6.45, 7) is -2.40. The number of halogens is 3. The second kappa shape index (κ2) is 5.97. The first-order valence-corrected chi connectivity index (χ1v) is 5.69. The molecule has 1 aliphatic heterocycles. The van der Waals surface area contributed by atoms with Gasteiger partial charge in [0.15, 0.2) is 0 Å². The fourth-order valence-electron chi connectivity index (χ4n) is 1.70. The highest BCUT2D eigenvalue weighted by molar-refractivity contribution is 6.04. The van der Waals surface area contributed by atoms with E-state index in [1.165, 1.54) is 6.92 Å². The van der Waals surface area contributed by atoms with E-state index in [4.69, 9.17) is 5.11 Å². The van der Waals surface area contributed by atoms with Crippen LogP contribution >= 0.6 is 0 Å². The quantitative estimate of drug-likeness (QED) is 0.677. The zero-order valence-corrected chi connectivity index (χ0v) is 10.8. The molecule has 2 N–H and O–H groups in total. The summed E-state index contributed by atoms with van der Waals surface area (Å²) in [6, 6.07) is -2.52. The molecule has 11 heteroatoms. The molecule has 8 nitrogen and oxygen atoms in total. The highest BCUT2D eigenvalue weighted by Gasteiger charge is 2.40. The predicted octanol–water partition coefficient (Wildman–Crippen LogP) is -0.598. The molecule has 4 amide bonds. The van der Waals surface area contributed by atoms with E-state index in [1.54, 1.807) is 0 Å². The first-order valence-electron chi connectivity index (χ1n) is 5.69. The number of amides is 4. The highest BCUT2D eigenvalue weighted by Crippen LogP contribution is 2.18. The summed E-state index contributed by atoms with van der Waals surface area (Å²) < 4.78 is 37.1. The summed E-state index contributed by atoms with van der Waals surface area (Å²) in [4.78, 5) is 45.7. The van der Waals surface area contributed by atoms with E-state index < -0.39 is 55.7 Å². The summed E-state index contributed by atoms with van der Waals surface area (Å²) in [5.74, 6) is -3.34. The Labute approximate surface area is 116 Å². The normalized spacial score (nSPS) is 19.2. The van der Waals surface area contributed by atoms with E-state index in [2.05, 4.69) is 0 Å². The zero-order valence-electron chi connectivity index (χ0n) is 10.8. The van der Waals surface area contributed by atoms with Gasteiger partial charge in [-0.15, -0.1) is 0 Å². The van der Waals surface area contributed by atoms with Gasteiger partial charge in [-0.05, 0) is 6.92 Å². The van der Waals surface area contributed by atoms with Crippen molar-refractivity contribution in [2.45, 2.75) is 19.1 Å². The molecule has 1 rings (SSSR count). The summed E-state index contributed by atoms with van der Waals surface area (Å²) >= 11 is 0. The lowest BCUT2D eigenvalue weighted by Crippen LogP contribution is -2.62. The number of hydrogen-bond donors (Lipinski definition) is 2. The molecular formula is C10H12F3N3O5. The van der Waals surface area contributed by atoms with Gasteiger partial charge in [0.25, 0.3) is 0 Å². The third kappa shape index (κ3) is 4.61. The van der Waals surface area contributed by atoms with E-state index in [0.29, 0.717) is 4.90 Å². The number of hydrogen-bond acceptors (Lipinski definition) is 4. The number of piperazine rings is 1. The van der Waals surface area contributed by atoms with Gasteiger partial charge in [0.05, 0.1) is 0 Å². The number of carbonyl (C=O) groups is 4. The molecule has 0 radical (unpaired) electrons. The van der Waals surface area contributed by atoms with Gasteiger partial charge in [-0.2, -0.15) is 13.2 Å². The molecule has 1 fully saturated rings. The number of carboxylic acid groups (broad SMARTS) is 1. The van der Waals surface area contributed by atoms with Gasteiger partial charge in [-0.25, -0.2) is 4.79 Å². The highest BCUT2D eigenvalue weighted by atomic mass is 19.4. The average Bonchev–Trinajstić information content (AvgIpc) is 2.29. The number of carboxylic acids is 1. The van der Waals surface area contributed by atoms with Crippen molar-refractivity contribution in [1.29, 1.82) is 0 Å². The van der Waals surface area contributed by atoms with E-state index in [0.717, 1.165) is 0 Å². The van der Waals surface area contributed by atoms with Crippen LogP contribution in [0, 0.1) is 0 Å². The van der Waals surface area contributed by atoms with Crippen LogP contribution in [0.1, 0.15) is 6.92 Å². The lowest BCUT2D eigenvalue weighted by Gasteiger charge is -2.35. The average molecular weight is 311 g/mol. The van der Waals surface area contributed by atoms with Crippen LogP contribution in [0.5, 0.6) is 0 Å². The Morgan fingerprint density at radius 3 is 2.48 bits per heavy atom. The van der Waals surface area contributed by atoms with Gasteiger partial charge >= 0.3 is 18.2 Å². The van der Waals surface area contributed by atoms with Gasteiger partial charge in [0.1, 0.15) is 25.7 Å². The van der Waals surface area contributed by atoms with Crippen LogP contribution in [0.25, 0.3) is 0 Å². The van der Waals surface area contributed by atoms with E-state index in [1.807, 2.05) is 5.32 Å². The standard InChI is InChI=1S/C10H12F3N3O5/c1-5-8(20)14-6(17)2-16(5)9(21)15(3-7(18)19)4-10(11,12)13/h5H,2-4H2,1H3,(H,18,19)(H,14,17,20). The second-order valence-corrected chi connectivity index (χ2v) is 4.36. The smallest absolute Gasteiger partial charge is 0.406 e. The molecule has 1 unspecified atom stereocenters. The maximum atomic E-state index is 12.4. The Hall–Kier alpha value is -2.33. The van der Waals surface area contributed by atoms with Crippen molar-refractivity contribution >= 4 is 23.8 Å². The van der Waals surface area contributed by atoms with Crippen LogP contribution in [-0.4, -0.2) is 70.6 Å². The molecule has 1 heterocycles. The molecular weight excluding hydrogens is 299 g/mol. The van der Waals surface area contributed by atoms with Crippen molar-refractivity contribution in [2.24, 2.45) is 0 Å². The fraction of sp³-hybridized carbons (Fsp3) is 0.600. The molecule has 0 aliphatic carbocycles. The molecule has 0 aromatic rings. The first kappa shape index (κ1) is 16.7. The van der Waals surface area contributed by atoms with Crippen LogP contribution < -0.4 is 5.32 Å². The van der Waals surface area contributed by atoms with Crippen LogP contribution in [0.3, 0.4) is 0 Å². The molecule has 0 aromatic carbocycles. The van der Waals surface area contributed by atoms with Crippen molar-refractivity contribution in [3.8, 4) is 0 Å². The minimum absolute atomic E-state index is 0.0186. The van der Waals surface area contributed by atoms with Gasteiger partial charge in [-0.3, -0.25) is 19.7 Å². The third-order valence-electron chi connectivity index (χ3n) is 2.64. The van der Waals surface area contributed by atoms with Gasteiger partial charge in [0, 0.05) is 0 Å². The first-order chi connectivity index (χ1) is 9.51. The molecule has 21 heavy (non-hydrogen) atoms. The number of urea groups is 1. The predicted molar refractivity (Wildman–Crippen MR) is 60.0 cm³/mol. The minimum Gasteiger partial charge on any atom is -0.480 e. The number of aliphatic carboxylic acids is 1. The van der Waals surface area contributed by atoms with Crippen molar-refractivity contribution in [3.05, 3.63) is 0 Å². The molecule has 0 saturated carbocycles. The SMILES string of the molecule is CC1C(=O)NC(=O)CN1C(=O)N(CC(=O)O)CC(F)(F)F. The zero-order chi connectivity index (χ0) is 16.4. The maximum absolute atomic E-state index is 12.4. The number of nitrogens with zero attached hydrogens (tertiary/aromatic N) is 2. The van der Waals surface area contributed by atoms with Gasteiger partial charge in [0.2, 0.25) is 11.8 Å². The summed E-state index contributed by atoms with van der Waals surface area (Å²) in [5, 5.41) is 10.5. The monoisotopic (exact) mass is 311 g/mol. The lowest BCUT2D eigenvalue weighted by atomic mass is 10.2. The molecule has 1 atom stereocenters. The lowest BCUT2D eigenvalue weighted by molar-refractivity contribution is -0.150. The Kier molecular flexibility index (Phi) is 4.76. The number of imide groups is 1. The van der Waals surface area contributed by atoms with Gasteiger partial charge in [-0.1, -0.05) is 0 Å². The van der Waals surface area contributed by atoms with Crippen LogP contribution in [0.15, 0.2) is 0 Å². The topological polar surface area (TPSA) is 107 Å². The van der Waals surface area contributed by atoms with Crippen LogP contribution in [0.4, 0.5) is 18.0 Å². The largest absolute Gasteiger partial charge is 0.480 e. The van der Waals surface area contributed by atoms with E-state index in [-0.39, 0.29) is 4.90 Å². The van der Waals surface area contributed by atoms with Crippen molar-refractivity contribution < 1.29 is 37.5 Å². The van der Waals surface area contributed by atoms with Crippen LogP contribution in [0.2, 0.25) is 0 Å². The van der Waals surface area contributed by atoms with Crippen molar-refractivity contribution in [3.63, 3.8) is 0 Å². The maximum Gasteiger partial charge on any atom is 0.406 e. The van der Waals surface area contributed by atoms with E-state index in [9.17, 15) is 32.3 Å². The van der Waals surface area contributed by atoms with Gasteiger partial charge < -0.3 is 14.9 Å². The Morgan fingerprint density at radius 2 is 2.00 bits per heavy atom. The molecule has 0 bridgehead atoms. The number of carbonyl (C=O) groups excluding carboxylic acids is 3. The fourth-order valence-corrected chi connectivity index (χ4v) is 1.70. The molecule has 118 valence electrons. The number of nitrogens with one attached hydrogen (secondary N) is 1. The Bertz CT molecular complexity index is 479. The number of alkyl halides is 3. The Balaban J connectivity index is 2.95. The Morgan fingerprint density at radius 1 is 1.43 bits per heavy atom. The molecule has 1 aliphatic rings. The van der Waals surface area contributed by atoms with Crippen molar-refractivity contribution in [1.82, 2.24) is 15.1 Å². The molecule has 1 saturated heterocycles. The van der Waals surface area contributed by atoms with Crippen molar-refractivity contribution in [2.75, 3.05) is 19.6 Å². The third-order valence-corrected chi connectivity index (χ3v) is 2.64.